The summed E-state index contributed by atoms with van der Waals surface area (Å²) in [4.78, 5) is 4.60. The smallest absolute Gasteiger partial charge is 0.119 e. The fraction of sp³-hybridized carbons (Fsp3) is 0.308. The molecule has 2 rings (SSSR count). The molecular formula is C13H14ClNOS. The highest BCUT2D eigenvalue weighted by molar-refractivity contribution is 7.09. The van der Waals surface area contributed by atoms with Gasteiger partial charge in [0.05, 0.1) is 17.8 Å². The van der Waals surface area contributed by atoms with Gasteiger partial charge in [0, 0.05) is 23.2 Å². The van der Waals surface area contributed by atoms with E-state index < -0.39 is 0 Å². The van der Waals surface area contributed by atoms with Crippen LogP contribution in [0.1, 0.15) is 11.4 Å². The molecule has 17 heavy (non-hydrogen) atoms. The first-order valence-corrected chi connectivity index (χ1v) is 6.89. The molecule has 1 heterocycles. The molecule has 90 valence electrons. The summed E-state index contributed by atoms with van der Waals surface area (Å²) in [7, 11) is 1.67. The van der Waals surface area contributed by atoms with Crippen LogP contribution >= 0.6 is 22.9 Å². The third-order valence-corrected chi connectivity index (χ3v) is 3.62. The molecule has 0 bridgehead atoms. The van der Waals surface area contributed by atoms with E-state index in [4.69, 9.17) is 16.3 Å². The van der Waals surface area contributed by atoms with Crippen molar-refractivity contribution in [1.29, 1.82) is 0 Å². The van der Waals surface area contributed by atoms with E-state index in [2.05, 4.69) is 10.4 Å². The van der Waals surface area contributed by atoms with Crippen LogP contribution in [0.15, 0.2) is 29.6 Å². The van der Waals surface area contributed by atoms with Crippen LogP contribution in [0.2, 0.25) is 0 Å². The average molecular weight is 268 g/mol. The first kappa shape index (κ1) is 12.4. The Hall–Kier alpha value is -1.06. The summed E-state index contributed by atoms with van der Waals surface area (Å²) in [6.07, 6.45) is 1.94. The van der Waals surface area contributed by atoms with Gasteiger partial charge in [-0.1, -0.05) is 12.1 Å². The Kier molecular flexibility index (Phi) is 4.40. The normalized spacial score (nSPS) is 10.5. The number of aromatic nitrogens is 1. The molecule has 0 aliphatic heterocycles. The maximum absolute atomic E-state index is 5.68. The Morgan fingerprint density at radius 1 is 1.41 bits per heavy atom. The summed E-state index contributed by atoms with van der Waals surface area (Å²) in [5, 5.41) is 3.22. The molecule has 2 aromatic rings. The van der Waals surface area contributed by atoms with Crippen molar-refractivity contribution in [2.75, 3.05) is 13.0 Å². The highest BCUT2D eigenvalue weighted by Gasteiger charge is 2.05. The molecule has 0 amide bonds. The number of ether oxygens (including phenoxy) is 1. The van der Waals surface area contributed by atoms with Gasteiger partial charge in [-0.25, -0.2) is 4.98 Å². The van der Waals surface area contributed by atoms with E-state index in [1.54, 1.807) is 18.4 Å². The number of alkyl halides is 1. The molecule has 0 spiro atoms. The molecule has 1 aromatic heterocycles. The number of aryl methyl sites for hydroxylation is 1. The Balaban J connectivity index is 2.18. The SMILES string of the molecule is COc1cccc(-c2csc(CCCCl)n2)c1. The number of benzene rings is 1. The summed E-state index contributed by atoms with van der Waals surface area (Å²) in [5.74, 6) is 1.55. The lowest BCUT2D eigenvalue weighted by molar-refractivity contribution is 0.415. The van der Waals surface area contributed by atoms with Gasteiger partial charge in [-0.3, -0.25) is 0 Å². The Bertz CT molecular complexity index is 484. The summed E-state index contributed by atoms with van der Waals surface area (Å²) in [5.41, 5.74) is 2.11. The molecular weight excluding hydrogens is 254 g/mol. The summed E-state index contributed by atoms with van der Waals surface area (Å²) in [6, 6.07) is 7.96. The fourth-order valence-electron chi connectivity index (χ4n) is 1.56. The molecule has 0 radical (unpaired) electrons. The van der Waals surface area contributed by atoms with Crippen molar-refractivity contribution in [3.05, 3.63) is 34.7 Å². The topological polar surface area (TPSA) is 22.1 Å². The van der Waals surface area contributed by atoms with Crippen molar-refractivity contribution in [1.82, 2.24) is 4.98 Å². The minimum atomic E-state index is 0.689. The minimum Gasteiger partial charge on any atom is -0.497 e. The van der Waals surface area contributed by atoms with Gasteiger partial charge in [-0.05, 0) is 18.6 Å². The van der Waals surface area contributed by atoms with Crippen molar-refractivity contribution in [2.45, 2.75) is 12.8 Å². The third kappa shape index (κ3) is 3.20. The second kappa shape index (κ2) is 6.03. The Labute approximate surface area is 110 Å². The number of methoxy groups -OCH3 is 1. The van der Waals surface area contributed by atoms with Crippen LogP contribution in [0.5, 0.6) is 5.75 Å². The predicted molar refractivity (Wildman–Crippen MR) is 73.1 cm³/mol. The molecule has 0 N–H and O–H groups in total. The standard InChI is InChI=1S/C13H14ClNOS/c1-16-11-5-2-4-10(8-11)12-9-17-13(15-12)6-3-7-14/h2,4-5,8-9H,3,6-7H2,1H3. The van der Waals surface area contributed by atoms with E-state index in [9.17, 15) is 0 Å². The van der Waals surface area contributed by atoms with Crippen molar-refractivity contribution < 1.29 is 4.74 Å². The van der Waals surface area contributed by atoms with Gasteiger partial charge in [0.1, 0.15) is 5.75 Å². The first-order chi connectivity index (χ1) is 8.33. The molecule has 0 unspecified atom stereocenters. The van der Waals surface area contributed by atoms with Crippen molar-refractivity contribution in [3.8, 4) is 17.0 Å². The molecule has 2 nitrogen and oxygen atoms in total. The molecule has 0 aliphatic carbocycles. The minimum absolute atomic E-state index is 0.689. The lowest BCUT2D eigenvalue weighted by Crippen LogP contribution is -1.86. The van der Waals surface area contributed by atoms with Crippen LogP contribution in [-0.4, -0.2) is 18.0 Å². The van der Waals surface area contributed by atoms with E-state index in [-0.39, 0.29) is 0 Å². The van der Waals surface area contributed by atoms with Crippen LogP contribution in [0.4, 0.5) is 0 Å². The molecule has 1 aromatic carbocycles. The molecule has 4 heteroatoms. The van der Waals surface area contributed by atoms with E-state index >= 15 is 0 Å². The highest BCUT2D eigenvalue weighted by Crippen LogP contribution is 2.25. The van der Waals surface area contributed by atoms with Gasteiger partial charge in [0.2, 0.25) is 0 Å². The largest absolute Gasteiger partial charge is 0.497 e. The van der Waals surface area contributed by atoms with E-state index in [1.807, 2.05) is 24.3 Å². The maximum atomic E-state index is 5.68. The average Bonchev–Trinajstić information content (AvgIpc) is 2.85. The lowest BCUT2D eigenvalue weighted by Gasteiger charge is -2.01. The van der Waals surface area contributed by atoms with Crippen molar-refractivity contribution >= 4 is 22.9 Å². The molecule has 0 fully saturated rings. The van der Waals surface area contributed by atoms with Crippen LogP contribution < -0.4 is 4.74 Å². The highest BCUT2D eigenvalue weighted by atomic mass is 35.5. The second-order valence-corrected chi connectivity index (χ2v) is 4.97. The number of nitrogens with zero attached hydrogens (tertiary/aromatic N) is 1. The van der Waals surface area contributed by atoms with E-state index in [1.165, 1.54) is 0 Å². The van der Waals surface area contributed by atoms with Crippen LogP contribution in [0, 0.1) is 0 Å². The summed E-state index contributed by atoms with van der Waals surface area (Å²) < 4.78 is 5.21. The van der Waals surface area contributed by atoms with Gasteiger partial charge in [0.25, 0.3) is 0 Å². The number of rotatable bonds is 5. The van der Waals surface area contributed by atoms with Gasteiger partial charge in [-0.2, -0.15) is 0 Å². The fourth-order valence-corrected chi connectivity index (χ4v) is 2.54. The maximum Gasteiger partial charge on any atom is 0.119 e. The van der Waals surface area contributed by atoms with Gasteiger partial charge in [-0.15, -0.1) is 22.9 Å². The second-order valence-electron chi connectivity index (χ2n) is 3.65. The first-order valence-electron chi connectivity index (χ1n) is 5.48. The third-order valence-electron chi connectivity index (χ3n) is 2.44. The van der Waals surface area contributed by atoms with Crippen LogP contribution in [0.25, 0.3) is 11.3 Å². The van der Waals surface area contributed by atoms with Crippen LogP contribution in [-0.2, 0) is 6.42 Å². The Morgan fingerprint density at radius 3 is 3.06 bits per heavy atom. The number of thiazole rings is 1. The molecule has 0 atom stereocenters. The van der Waals surface area contributed by atoms with Crippen molar-refractivity contribution in [2.24, 2.45) is 0 Å². The Morgan fingerprint density at radius 2 is 2.29 bits per heavy atom. The van der Waals surface area contributed by atoms with E-state index in [0.29, 0.717) is 5.88 Å². The summed E-state index contributed by atoms with van der Waals surface area (Å²) in [6.45, 7) is 0. The predicted octanol–water partition coefficient (Wildman–Crippen LogP) is 3.99. The van der Waals surface area contributed by atoms with E-state index in [0.717, 1.165) is 34.9 Å². The zero-order valence-corrected chi connectivity index (χ0v) is 11.2. The van der Waals surface area contributed by atoms with Crippen LogP contribution in [0.3, 0.4) is 0 Å². The number of hydrogen-bond acceptors (Lipinski definition) is 3. The molecule has 0 saturated heterocycles. The van der Waals surface area contributed by atoms with Gasteiger partial charge >= 0.3 is 0 Å². The zero-order chi connectivity index (χ0) is 12.1. The van der Waals surface area contributed by atoms with Gasteiger partial charge < -0.3 is 4.74 Å². The van der Waals surface area contributed by atoms with Crippen molar-refractivity contribution in [3.63, 3.8) is 0 Å². The van der Waals surface area contributed by atoms with Gasteiger partial charge in [0.15, 0.2) is 0 Å². The zero-order valence-electron chi connectivity index (χ0n) is 9.65. The lowest BCUT2D eigenvalue weighted by atomic mass is 10.1. The quantitative estimate of drug-likeness (QED) is 0.764. The molecule has 0 saturated carbocycles. The number of halogens is 1. The number of hydrogen-bond donors (Lipinski definition) is 0. The summed E-state index contributed by atoms with van der Waals surface area (Å²) >= 11 is 7.36. The monoisotopic (exact) mass is 267 g/mol. The molecule has 0 aliphatic rings.